The molecule has 1 aliphatic rings. The van der Waals surface area contributed by atoms with Gasteiger partial charge in [0, 0.05) is 32.4 Å². The molecule has 0 bridgehead atoms. The molecule has 0 radical (unpaired) electrons. The number of unbranched alkanes of at least 4 members (excludes halogenated alkanes) is 1. The number of likely N-dealkylation sites (tertiary alicyclic amines) is 1. The van der Waals surface area contributed by atoms with E-state index < -0.39 is 0 Å². The summed E-state index contributed by atoms with van der Waals surface area (Å²) >= 11 is 0. The van der Waals surface area contributed by atoms with Crippen LogP contribution in [0.15, 0.2) is 0 Å². The van der Waals surface area contributed by atoms with E-state index in [-0.39, 0.29) is 11.9 Å². The Morgan fingerprint density at radius 2 is 2.29 bits per heavy atom. The molecule has 0 saturated carbocycles. The van der Waals surface area contributed by atoms with Gasteiger partial charge in [-0.05, 0) is 6.42 Å². The average Bonchev–Trinajstić information content (AvgIpc) is 2.14. The Morgan fingerprint density at radius 3 is 2.86 bits per heavy atom. The van der Waals surface area contributed by atoms with Crippen molar-refractivity contribution in [1.29, 1.82) is 0 Å². The standard InChI is InChI=1S/C11H19NO2/c1-3-4-5-10-8-11(14)6-7-12(10)9(2)13/h10H,3-8H2,1-2H3. The second kappa shape index (κ2) is 5.13. The van der Waals surface area contributed by atoms with Crippen LogP contribution in [0.3, 0.4) is 0 Å². The molecule has 1 heterocycles. The summed E-state index contributed by atoms with van der Waals surface area (Å²) < 4.78 is 0. The number of piperidine rings is 1. The molecule has 1 rings (SSSR count). The highest BCUT2D eigenvalue weighted by Gasteiger charge is 2.27. The summed E-state index contributed by atoms with van der Waals surface area (Å²) in [6, 6.07) is 0.175. The van der Waals surface area contributed by atoms with Crippen molar-refractivity contribution >= 4 is 11.7 Å². The number of ketones is 1. The first-order chi connectivity index (χ1) is 6.65. The highest BCUT2D eigenvalue weighted by atomic mass is 16.2. The molecule has 3 nitrogen and oxygen atoms in total. The van der Waals surface area contributed by atoms with Crippen LogP contribution in [0.25, 0.3) is 0 Å². The second-order valence-electron chi connectivity index (χ2n) is 4.00. The maximum atomic E-state index is 11.3. The van der Waals surface area contributed by atoms with Gasteiger partial charge in [-0.15, -0.1) is 0 Å². The van der Waals surface area contributed by atoms with Gasteiger partial charge in [-0.1, -0.05) is 19.8 Å². The Balaban J connectivity index is 2.54. The predicted octanol–water partition coefficient (Wildman–Crippen LogP) is 1.76. The van der Waals surface area contributed by atoms with Gasteiger partial charge in [0.05, 0.1) is 0 Å². The Hall–Kier alpha value is -0.860. The van der Waals surface area contributed by atoms with E-state index in [1.165, 1.54) is 0 Å². The Labute approximate surface area is 85.5 Å². The number of carbonyl (C=O) groups excluding carboxylic acids is 2. The zero-order valence-electron chi connectivity index (χ0n) is 9.08. The molecule has 0 aromatic heterocycles. The molecular formula is C11H19NO2. The fraction of sp³-hybridized carbons (Fsp3) is 0.818. The minimum Gasteiger partial charge on any atom is -0.339 e. The molecule has 1 aliphatic heterocycles. The summed E-state index contributed by atoms with van der Waals surface area (Å²) in [7, 11) is 0. The van der Waals surface area contributed by atoms with Crippen molar-refractivity contribution in [2.45, 2.75) is 52.0 Å². The summed E-state index contributed by atoms with van der Waals surface area (Å²) in [6.07, 6.45) is 4.31. The van der Waals surface area contributed by atoms with Gasteiger partial charge in [0.25, 0.3) is 0 Å². The van der Waals surface area contributed by atoms with Crippen LogP contribution in [0.4, 0.5) is 0 Å². The maximum absolute atomic E-state index is 11.3. The van der Waals surface area contributed by atoms with Gasteiger partial charge in [0.1, 0.15) is 5.78 Å². The monoisotopic (exact) mass is 197 g/mol. The molecule has 80 valence electrons. The summed E-state index contributed by atoms with van der Waals surface area (Å²) in [5.41, 5.74) is 0. The average molecular weight is 197 g/mol. The molecule has 1 atom stereocenters. The van der Waals surface area contributed by atoms with Crippen LogP contribution in [0.1, 0.15) is 46.0 Å². The number of carbonyl (C=O) groups is 2. The molecule has 0 N–H and O–H groups in total. The number of rotatable bonds is 3. The van der Waals surface area contributed by atoms with E-state index in [0.29, 0.717) is 25.2 Å². The normalized spacial score (nSPS) is 22.6. The number of Topliss-reactive ketones (excluding diaryl/α,β-unsaturated/α-hetero) is 1. The van der Waals surface area contributed by atoms with Crippen LogP contribution in [0.2, 0.25) is 0 Å². The fourth-order valence-corrected chi connectivity index (χ4v) is 2.01. The van der Waals surface area contributed by atoms with Crippen LogP contribution >= 0.6 is 0 Å². The van der Waals surface area contributed by atoms with Gasteiger partial charge in [-0.25, -0.2) is 0 Å². The third kappa shape index (κ3) is 2.82. The Kier molecular flexibility index (Phi) is 4.11. The lowest BCUT2D eigenvalue weighted by atomic mass is 9.96. The van der Waals surface area contributed by atoms with Gasteiger partial charge in [0.2, 0.25) is 5.91 Å². The number of hydrogen-bond donors (Lipinski definition) is 0. The van der Waals surface area contributed by atoms with E-state index in [1.807, 2.05) is 4.90 Å². The first-order valence-corrected chi connectivity index (χ1v) is 5.44. The van der Waals surface area contributed by atoms with Crippen LogP contribution in [-0.2, 0) is 9.59 Å². The number of nitrogens with zero attached hydrogens (tertiary/aromatic N) is 1. The third-order valence-electron chi connectivity index (χ3n) is 2.83. The molecule has 0 aromatic rings. The van der Waals surface area contributed by atoms with Crippen molar-refractivity contribution < 1.29 is 9.59 Å². The number of amides is 1. The zero-order chi connectivity index (χ0) is 10.6. The predicted molar refractivity (Wildman–Crippen MR) is 54.9 cm³/mol. The molecule has 0 spiro atoms. The molecular weight excluding hydrogens is 178 g/mol. The van der Waals surface area contributed by atoms with Gasteiger partial charge < -0.3 is 4.90 Å². The van der Waals surface area contributed by atoms with Gasteiger partial charge >= 0.3 is 0 Å². The number of hydrogen-bond acceptors (Lipinski definition) is 2. The van der Waals surface area contributed by atoms with E-state index in [1.54, 1.807) is 6.92 Å². The van der Waals surface area contributed by atoms with E-state index >= 15 is 0 Å². The fourth-order valence-electron chi connectivity index (χ4n) is 2.01. The highest BCUT2D eigenvalue weighted by Crippen LogP contribution is 2.19. The van der Waals surface area contributed by atoms with E-state index in [4.69, 9.17) is 0 Å². The van der Waals surface area contributed by atoms with Gasteiger partial charge in [-0.3, -0.25) is 9.59 Å². The Bertz CT molecular complexity index is 225. The second-order valence-corrected chi connectivity index (χ2v) is 4.00. The summed E-state index contributed by atoms with van der Waals surface area (Å²) in [4.78, 5) is 24.4. The molecule has 14 heavy (non-hydrogen) atoms. The minimum absolute atomic E-state index is 0.110. The van der Waals surface area contributed by atoms with Gasteiger partial charge in [-0.2, -0.15) is 0 Å². The first kappa shape index (κ1) is 11.2. The molecule has 1 fully saturated rings. The maximum Gasteiger partial charge on any atom is 0.219 e. The summed E-state index contributed by atoms with van der Waals surface area (Å²) in [5, 5.41) is 0. The summed E-state index contributed by atoms with van der Waals surface area (Å²) in [6.45, 7) is 4.35. The molecule has 1 saturated heterocycles. The molecule has 1 amide bonds. The van der Waals surface area contributed by atoms with Crippen molar-refractivity contribution in [2.24, 2.45) is 0 Å². The highest BCUT2D eigenvalue weighted by molar-refractivity contribution is 5.83. The lowest BCUT2D eigenvalue weighted by molar-refractivity contribution is -0.136. The topological polar surface area (TPSA) is 37.4 Å². The van der Waals surface area contributed by atoms with Crippen molar-refractivity contribution in [1.82, 2.24) is 4.90 Å². The SMILES string of the molecule is CCCCC1CC(=O)CCN1C(C)=O. The van der Waals surface area contributed by atoms with Crippen LogP contribution in [-0.4, -0.2) is 29.2 Å². The molecule has 0 aromatic carbocycles. The molecule has 1 unspecified atom stereocenters. The van der Waals surface area contributed by atoms with E-state index in [2.05, 4.69) is 6.92 Å². The van der Waals surface area contributed by atoms with Crippen molar-refractivity contribution in [3.63, 3.8) is 0 Å². The minimum atomic E-state index is 0.110. The van der Waals surface area contributed by atoms with Crippen LogP contribution in [0.5, 0.6) is 0 Å². The van der Waals surface area contributed by atoms with Crippen molar-refractivity contribution in [3.8, 4) is 0 Å². The lowest BCUT2D eigenvalue weighted by Gasteiger charge is -2.34. The first-order valence-electron chi connectivity index (χ1n) is 5.44. The van der Waals surface area contributed by atoms with Crippen LogP contribution in [0, 0.1) is 0 Å². The van der Waals surface area contributed by atoms with E-state index in [0.717, 1.165) is 19.3 Å². The van der Waals surface area contributed by atoms with Gasteiger partial charge in [0.15, 0.2) is 0 Å². The molecule has 0 aliphatic carbocycles. The van der Waals surface area contributed by atoms with Crippen LogP contribution < -0.4 is 0 Å². The zero-order valence-corrected chi connectivity index (χ0v) is 9.08. The quantitative estimate of drug-likeness (QED) is 0.691. The smallest absolute Gasteiger partial charge is 0.219 e. The Morgan fingerprint density at radius 1 is 1.57 bits per heavy atom. The summed E-state index contributed by atoms with van der Waals surface area (Å²) in [5.74, 6) is 0.419. The molecule has 3 heteroatoms. The third-order valence-corrected chi connectivity index (χ3v) is 2.83. The van der Waals surface area contributed by atoms with Crippen molar-refractivity contribution in [2.75, 3.05) is 6.54 Å². The van der Waals surface area contributed by atoms with E-state index in [9.17, 15) is 9.59 Å². The van der Waals surface area contributed by atoms with Crippen molar-refractivity contribution in [3.05, 3.63) is 0 Å². The largest absolute Gasteiger partial charge is 0.339 e. The lowest BCUT2D eigenvalue weighted by Crippen LogP contribution is -2.45.